The molecule has 0 aliphatic heterocycles. The molecule has 0 aliphatic carbocycles. The molecule has 0 atom stereocenters. The number of para-hydroxylation sites is 1. The number of hydrogen-bond acceptors (Lipinski definition) is 2. The van der Waals surface area contributed by atoms with E-state index >= 15 is 0 Å². The average molecular weight is 588 g/mol. The van der Waals surface area contributed by atoms with E-state index in [2.05, 4.69) is 151 Å². The monoisotopic (exact) mass is 587 g/mol. The fraction of sp³-hybridized carbons (Fsp3) is 0.0233. The molecule has 0 unspecified atom stereocenters. The summed E-state index contributed by atoms with van der Waals surface area (Å²) in [5, 5.41) is 6.11. The molecule has 0 N–H and O–H groups in total. The second-order valence-corrected chi connectivity index (χ2v) is 11.9. The second-order valence-electron chi connectivity index (χ2n) is 11.9. The van der Waals surface area contributed by atoms with Crippen molar-refractivity contribution in [3.05, 3.63) is 164 Å². The van der Waals surface area contributed by atoms with Gasteiger partial charge in [0.1, 0.15) is 0 Å². The van der Waals surface area contributed by atoms with E-state index in [1.165, 1.54) is 54.9 Å². The normalized spacial score (nSPS) is 11.6. The van der Waals surface area contributed by atoms with Crippen molar-refractivity contribution in [2.75, 3.05) is 0 Å². The van der Waals surface area contributed by atoms with Gasteiger partial charge in [0.25, 0.3) is 0 Å². The van der Waals surface area contributed by atoms with Crippen molar-refractivity contribution in [1.82, 2.24) is 14.5 Å². The number of nitrogens with zero attached hydrogens (tertiary/aromatic N) is 3. The molecule has 9 aromatic rings. The first-order chi connectivity index (χ1) is 22.8. The predicted molar refractivity (Wildman–Crippen MR) is 192 cm³/mol. The molecule has 3 heteroatoms. The van der Waals surface area contributed by atoms with E-state index in [-0.39, 0.29) is 0 Å². The summed E-state index contributed by atoms with van der Waals surface area (Å²) in [5.41, 5.74) is 12.5. The first-order valence-electron chi connectivity index (χ1n) is 15.7. The summed E-state index contributed by atoms with van der Waals surface area (Å²) in [7, 11) is 0. The number of fused-ring (bicyclic) bond motifs is 5. The van der Waals surface area contributed by atoms with Gasteiger partial charge in [0.2, 0.25) is 0 Å². The van der Waals surface area contributed by atoms with Gasteiger partial charge in [0, 0.05) is 17.1 Å². The molecular formula is C43H29N3. The van der Waals surface area contributed by atoms with E-state index in [1.807, 2.05) is 18.5 Å². The average Bonchev–Trinajstić information content (AvgIpc) is 3.47. The number of rotatable bonds is 4. The van der Waals surface area contributed by atoms with Gasteiger partial charge in [-0.15, -0.1) is 0 Å². The minimum atomic E-state index is 0.940. The highest BCUT2D eigenvalue weighted by molar-refractivity contribution is 6.22. The first-order valence-corrected chi connectivity index (χ1v) is 15.7. The van der Waals surface area contributed by atoms with Crippen LogP contribution in [-0.4, -0.2) is 14.5 Å². The van der Waals surface area contributed by atoms with Gasteiger partial charge in [0.05, 0.1) is 34.1 Å². The van der Waals surface area contributed by atoms with Gasteiger partial charge in [-0.1, -0.05) is 115 Å². The lowest BCUT2D eigenvalue weighted by Gasteiger charge is -2.18. The van der Waals surface area contributed by atoms with Gasteiger partial charge in [-0.05, 0) is 86.6 Å². The Morgan fingerprint density at radius 3 is 1.83 bits per heavy atom. The summed E-state index contributed by atoms with van der Waals surface area (Å²) in [4.78, 5) is 9.79. The van der Waals surface area contributed by atoms with Crippen LogP contribution < -0.4 is 0 Å². The highest BCUT2D eigenvalue weighted by atomic mass is 15.0. The number of benzene rings is 6. The standard InChI is InChI=1S/C43H29N3/c1-28-12-10-19-36-42-39(20-11-25-44-42)46(43(28)36)32-22-24-38(45-27-32)31-21-23-35-37(26-31)41(30-15-6-3-7-16-30)34-18-9-8-17-33(34)40(35)29-13-4-2-5-14-29/h2-27H,1H3. The maximum Gasteiger partial charge on any atom is 0.0963 e. The Labute approximate surface area is 267 Å². The Balaban J connectivity index is 1.27. The topological polar surface area (TPSA) is 30.7 Å². The van der Waals surface area contributed by atoms with Crippen molar-refractivity contribution in [3.8, 4) is 39.2 Å². The second kappa shape index (κ2) is 10.5. The van der Waals surface area contributed by atoms with Crippen molar-refractivity contribution >= 4 is 43.5 Å². The van der Waals surface area contributed by atoms with Crippen molar-refractivity contribution < 1.29 is 0 Å². The van der Waals surface area contributed by atoms with Crippen molar-refractivity contribution in [2.45, 2.75) is 6.92 Å². The molecule has 0 fully saturated rings. The van der Waals surface area contributed by atoms with E-state index in [4.69, 9.17) is 9.97 Å². The van der Waals surface area contributed by atoms with E-state index in [0.29, 0.717) is 0 Å². The van der Waals surface area contributed by atoms with Gasteiger partial charge < -0.3 is 4.57 Å². The molecule has 9 rings (SSSR count). The smallest absolute Gasteiger partial charge is 0.0963 e. The Bertz CT molecular complexity index is 2560. The molecule has 0 saturated carbocycles. The number of hydrogen-bond donors (Lipinski definition) is 0. The highest BCUT2D eigenvalue weighted by Crippen LogP contribution is 2.44. The van der Waals surface area contributed by atoms with E-state index in [9.17, 15) is 0 Å². The minimum absolute atomic E-state index is 0.940. The van der Waals surface area contributed by atoms with E-state index in [1.54, 1.807) is 0 Å². The van der Waals surface area contributed by atoms with Crippen molar-refractivity contribution in [3.63, 3.8) is 0 Å². The Hall–Kier alpha value is -6.06. The maximum atomic E-state index is 5.06. The molecule has 0 aliphatic rings. The molecule has 0 spiro atoms. The van der Waals surface area contributed by atoms with Gasteiger partial charge >= 0.3 is 0 Å². The first kappa shape index (κ1) is 26.4. The minimum Gasteiger partial charge on any atom is -0.306 e. The third-order valence-corrected chi connectivity index (χ3v) is 9.19. The zero-order valence-electron chi connectivity index (χ0n) is 25.4. The van der Waals surface area contributed by atoms with Crippen molar-refractivity contribution in [2.24, 2.45) is 0 Å². The highest BCUT2D eigenvalue weighted by Gasteiger charge is 2.18. The van der Waals surface area contributed by atoms with Gasteiger partial charge in [0.15, 0.2) is 0 Å². The van der Waals surface area contributed by atoms with Crippen LogP contribution in [0.1, 0.15) is 5.56 Å². The molecule has 6 aromatic carbocycles. The third kappa shape index (κ3) is 4.06. The van der Waals surface area contributed by atoms with Crippen LogP contribution in [-0.2, 0) is 0 Å². The molecule has 216 valence electrons. The quantitative estimate of drug-likeness (QED) is 0.192. The molecule has 0 bridgehead atoms. The van der Waals surface area contributed by atoms with E-state index in [0.717, 1.165) is 33.4 Å². The number of aryl methyl sites for hydroxylation is 1. The lowest BCUT2D eigenvalue weighted by molar-refractivity contribution is 1.13. The molecule has 0 radical (unpaired) electrons. The van der Waals surface area contributed by atoms with Crippen LogP contribution in [0.3, 0.4) is 0 Å². The number of pyridine rings is 2. The molecule has 46 heavy (non-hydrogen) atoms. The Morgan fingerprint density at radius 1 is 0.478 bits per heavy atom. The largest absolute Gasteiger partial charge is 0.306 e. The SMILES string of the molecule is Cc1cccc2c3ncccc3n(-c3ccc(-c4ccc5c(-c6ccccc6)c6ccccc6c(-c6ccccc6)c5c4)nc3)c12. The summed E-state index contributed by atoms with van der Waals surface area (Å²) in [5.74, 6) is 0. The molecule has 3 nitrogen and oxygen atoms in total. The zero-order chi connectivity index (χ0) is 30.6. The Morgan fingerprint density at radius 2 is 1.13 bits per heavy atom. The maximum absolute atomic E-state index is 5.06. The van der Waals surface area contributed by atoms with E-state index < -0.39 is 0 Å². The van der Waals surface area contributed by atoms with Crippen LogP contribution in [0.2, 0.25) is 0 Å². The fourth-order valence-electron chi connectivity index (χ4n) is 7.18. The van der Waals surface area contributed by atoms with Crippen LogP contribution in [0.25, 0.3) is 82.7 Å². The molecule has 3 aromatic heterocycles. The molecule has 0 amide bonds. The summed E-state index contributed by atoms with van der Waals surface area (Å²) in [6, 6.07) is 52.0. The summed E-state index contributed by atoms with van der Waals surface area (Å²) >= 11 is 0. The Kier molecular flexibility index (Phi) is 6.04. The van der Waals surface area contributed by atoms with Crippen molar-refractivity contribution in [1.29, 1.82) is 0 Å². The van der Waals surface area contributed by atoms with Crippen LogP contribution in [0.4, 0.5) is 0 Å². The lowest BCUT2D eigenvalue weighted by Crippen LogP contribution is -1.97. The predicted octanol–water partition coefficient (Wildman–Crippen LogP) is 11.2. The van der Waals surface area contributed by atoms with Gasteiger partial charge in [-0.2, -0.15) is 0 Å². The fourth-order valence-corrected chi connectivity index (χ4v) is 7.18. The van der Waals surface area contributed by atoms with Gasteiger partial charge in [-0.3, -0.25) is 9.97 Å². The van der Waals surface area contributed by atoms with Crippen LogP contribution in [0.15, 0.2) is 158 Å². The lowest BCUT2D eigenvalue weighted by atomic mass is 9.85. The number of aromatic nitrogens is 3. The molecule has 3 heterocycles. The summed E-state index contributed by atoms with van der Waals surface area (Å²) in [6.07, 6.45) is 3.86. The molecular weight excluding hydrogens is 558 g/mol. The van der Waals surface area contributed by atoms with Crippen LogP contribution in [0.5, 0.6) is 0 Å². The van der Waals surface area contributed by atoms with Crippen LogP contribution in [0, 0.1) is 6.92 Å². The van der Waals surface area contributed by atoms with Gasteiger partial charge in [-0.25, -0.2) is 0 Å². The summed E-state index contributed by atoms with van der Waals surface area (Å²) in [6.45, 7) is 2.16. The molecule has 0 saturated heterocycles. The zero-order valence-corrected chi connectivity index (χ0v) is 25.4. The van der Waals surface area contributed by atoms with Crippen LogP contribution >= 0.6 is 0 Å². The third-order valence-electron chi connectivity index (χ3n) is 9.19. The summed E-state index contributed by atoms with van der Waals surface area (Å²) < 4.78 is 2.29.